The van der Waals surface area contributed by atoms with E-state index < -0.39 is 17.7 Å². The zero-order valence-corrected chi connectivity index (χ0v) is 18.1. The number of carbonyl (C=O) groups is 2. The minimum Gasteiger partial charge on any atom is -0.507 e. The van der Waals surface area contributed by atoms with Gasteiger partial charge in [-0.3, -0.25) is 14.5 Å². The summed E-state index contributed by atoms with van der Waals surface area (Å²) < 4.78 is 0. The van der Waals surface area contributed by atoms with E-state index in [4.69, 9.17) is 11.6 Å². The Balaban J connectivity index is 1.99. The van der Waals surface area contributed by atoms with Gasteiger partial charge in [0.25, 0.3) is 5.78 Å². The molecule has 8 heteroatoms. The Kier molecular flexibility index (Phi) is 5.17. The van der Waals surface area contributed by atoms with Gasteiger partial charge in [-0.25, -0.2) is 0 Å². The van der Waals surface area contributed by atoms with Gasteiger partial charge in [-0.15, -0.1) is 10.2 Å². The van der Waals surface area contributed by atoms with E-state index in [0.29, 0.717) is 26.3 Å². The first-order chi connectivity index (χ1) is 14.3. The molecule has 0 aliphatic carbocycles. The van der Waals surface area contributed by atoms with Crippen molar-refractivity contribution < 1.29 is 14.7 Å². The average molecular weight is 440 g/mol. The van der Waals surface area contributed by atoms with Crippen LogP contribution in [0, 0.1) is 20.8 Å². The van der Waals surface area contributed by atoms with Gasteiger partial charge < -0.3 is 5.11 Å². The summed E-state index contributed by atoms with van der Waals surface area (Å²) in [6.45, 7) is 5.50. The zero-order valence-electron chi connectivity index (χ0n) is 16.5. The third-order valence-corrected chi connectivity index (χ3v) is 6.05. The molecular formula is C22H18ClN3O3S. The molecule has 2 aromatic carbocycles. The lowest BCUT2D eigenvalue weighted by Gasteiger charge is -2.23. The van der Waals surface area contributed by atoms with Gasteiger partial charge in [0, 0.05) is 10.6 Å². The van der Waals surface area contributed by atoms with Gasteiger partial charge in [-0.1, -0.05) is 52.8 Å². The van der Waals surface area contributed by atoms with Gasteiger partial charge >= 0.3 is 5.91 Å². The van der Waals surface area contributed by atoms with Gasteiger partial charge in [0.1, 0.15) is 10.8 Å². The van der Waals surface area contributed by atoms with Crippen molar-refractivity contribution in [3.05, 3.63) is 80.3 Å². The number of hydrogen-bond donors (Lipinski definition) is 1. The number of aliphatic hydroxyl groups is 1. The third kappa shape index (κ3) is 3.40. The van der Waals surface area contributed by atoms with E-state index in [1.807, 2.05) is 26.0 Å². The quantitative estimate of drug-likeness (QED) is 0.362. The topological polar surface area (TPSA) is 83.4 Å². The number of anilines is 1. The number of rotatable bonds is 3. The van der Waals surface area contributed by atoms with Gasteiger partial charge in [0.15, 0.2) is 0 Å². The standard InChI is InChI=1S/C22H18ClN3O3S/c1-11-7-8-12(2)16(9-11)19(27)17-18(14-5-4-6-15(23)10-14)26(21(29)20(17)28)22-25-24-13(3)30-22/h4-10,18,27H,1-3H3/b19-17+. The molecule has 30 heavy (non-hydrogen) atoms. The van der Waals surface area contributed by atoms with Gasteiger partial charge in [0.05, 0.1) is 11.6 Å². The third-order valence-electron chi connectivity index (χ3n) is 4.98. The van der Waals surface area contributed by atoms with Crippen LogP contribution in [-0.4, -0.2) is 27.0 Å². The van der Waals surface area contributed by atoms with E-state index in [0.717, 1.165) is 11.1 Å². The molecule has 1 aromatic heterocycles. The highest BCUT2D eigenvalue weighted by molar-refractivity contribution is 7.15. The molecule has 0 spiro atoms. The largest absolute Gasteiger partial charge is 0.507 e. The number of benzene rings is 2. The molecular weight excluding hydrogens is 422 g/mol. The first-order valence-corrected chi connectivity index (χ1v) is 10.4. The molecule has 6 nitrogen and oxygen atoms in total. The van der Waals surface area contributed by atoms with Crippen LogP contribution in [0.2, 0.25) is 5.02 Å². The summed E-state index contributed by atoms with van der Waals surface area (Å²) in [7, 11) is 0. The molecule has 152 valence electrons. The highest BCUT2D eigenvalue weighted by atomic mass is 35.5. The van der Waals surface area contributed by atoms with Crippen molar-refractivity contribution >= 4 is 45.5 Å². The summed E-state index contributed by atoms with van der Waals surface area (Å²) in [6.07, 6.45) is 0. The molecule has 1 N–H and O–H groups in total. The molecule has 0 bridgehead atoms. The second-order valence-corrected chi connectivity index (χ2v) is 8.74. The Morgan fingerprint density at radius 3 is 2.53 bits per heavy atom. The fourth-order valence-corrected chi connectivity index (χ4v) is 4.45. The lowest BCUT2D eigenvalue weighted by molar-refractivity contribution is -0.132. The molecule has 1 amide bonds. The zero-order chi connectivity index (χ0) is 21.6. The maximum Gasteiger partial charge on any atom is 0.301 e. The van der Waals surface area contributed by atoms with Crippen molar-refractivity contribution in [2.24, 2.45) is 0 Å². The molecule has 1 aliphatic heterocycles. The van der Waals surface area contributed by atoms with Crippen molar-refractivity contribution in [2.45, 2.75) is 26.8 Å². The maximum atomic E-state index is 13.1. The van der Waals surface area contributed by atoms with Crippen molar-refractivity contribution in [2.75, 3.05) is 4.90 Å². The van der Waals surface area contributed by atoms with Crippen molar-refractivity contribution in [3.8, 4) is 0 Å². The molecule has 1 atom stereocenters. The number of aryl methyl sites for hydroxylation is 3. The van der Waals surface area contributed by atoms with Crippen LogP contribution in [0.1, 0.15) is 33.3 Å². The van der Waals surface area contributed by atoms with Crippen LogP contribution in [0.25, 0.3) is 5.76 Å². The lowest BCUT2D eigenvalue weighted by atomic mass is 9.93. The number of hydrogen-bond acceptors (Lipinski definition) is 6. The van der Waals surface area contributed by atoms with Gasteiger partial charge in [-0.05, 0) is 50.1 Å². The normalized spacial score (nSPS) is 18.3. The number of aromatic nitrogens is 2. The lowest BCUT2D eigenvalue weighted by Crippen LogP contribution is -2.29. The van der Waals surface area contributed by atoms with Crippen molar-refractivity contribution in [1.29, 1.82) is 0 Å². The van der Waals surface area contributed by atoms with E-state index in [2.05, 4.69) is 10.2 Å². The van der Waals surface area contributed by atoms with Crippen LogP contribution in [0.15, 0.2) is 48.0 Å². The van der Waals surface area contributed by atoms with E-state index in [9.17, 15) is 14.7 Å². The van der Waals surface area contributed by atoms with E-state index >= 15 is 0 Å². The molecule has 0 radical (unpaired) electrons. The van der Waals surface area contributed by atoms with Crippen LogP contribution >= 0.6 is 22.9 Å². The number of Topliss-reactive ketones (excluding diaryl/α,β-unsaturated/α-hetero) is 1. The number of aliphatic hydroxyl groups excluding tert-OH is 1. The summed E-state index contributed by atoms with van der Waals surface area (Å²) in [4.78, 5) is 27.4. The average Bonchev–Trinajstić information content (AvgIpc) is 3.24. The predicted molar refractivity (Wildman–Crippen MR) is 117 cm³/mol. The van der Waals surface area contributed by atoms with Crippen LogP contribution in [0.5, 0.6) is 0 Å². The summed E-state index contributed by atoms with van der Waals surface area (Å²) in [5, 5.41) is 20.6. The Morgan fingerprint density at radius 1 is 1.10 bits per heavy atom. The fraction of sp³-hybridized carbons (Fsp3) is 0.182. The minimum absolute atomic E-state index is 0.00354. The number of amides is 1. The highest BCUT2D eigenvalue weighted by Gasteiger charge is 2.48. The smallest absolute Gasteiger partial charge is 0.301 e. The van der Waals surface area contributed by atoms with Crippen molar-refractivity contribution in [3.63, 3.8) is 0 Å². The van der Waals surface area contributed by atoms with Crippen LogP contribution in [-0.2, 0) is 9.59 Å². The van der Waals surface area contributed by atoms with E-state index in [1.165, 1.54) is 16.2 Å². The van der Waals surface area contributed by atoms with Gasteiger partial charge in [-0.2, -0.15) is 0 Å². The highest BCUT2D eigenvalue weighted by Crippen LogP contribution is 2.43. The molecule has 3 aromatic rings. The molecule has 1 aliphatic rings. The Bertz CT molecular complexity index is 1220. The number of ketones is 1. The second kappa shape index (κ2) is 7.66. The first-order valence-electron chi connectivity index (χ1n) is 9.22. The summed E-state index contributed by atoms with van der Waals surface area (Å²) >= 11 is 7.39. The van der Waals surface area contributed by atoms with E-state index in [1.54, 1.807) is 37.3 Å². The van der Waals surface area contributed by atoms with Crippen molar-refractivity contribution in [1.82, 2.24) is 10.2 Å². The number of nitrogens with zero attached hydrogens (tertiary/aromatic N) is 3. The summed E-state index contributed by atoms with van der Waals surface area (Å²) in [5.74, 6) is -1.75. The number of carbonyl (C=O) groups excluding carboxylic acids is 2. The van der Waals surface area contributed by atoms with Crippen LogP contribution in [0.4, 0.5) is 5.13 Å². The second-order valence-electron chi connectivity index (χ2n) is 7.15. The minimum atomic E-state index is -0.865. The first kappa shape index (κ1) is 20.3. The predicted octanol–water partition coefficient (Wildman–Crippen LogP) is 4.74. The van der Waals surface area contributed by atoms with Crippen LogP contribution < -0.4 is 4.90 Å². The molecule has 4 rings (SSSR count). The Morgan fingerprint density at radius 2 is 1.87 bits per heavy atom. The molecule has 2 heterocycles. The van der Waals surface area contributed by atoms with E-state index in [-0.39, 0.29) is 11.3 Å². The van der Waals surface area contributed by atoms with Crippen LogP contribution in [0.3, 0.4) is 0 Å². The Hall–Kier alpha value is -3.03. The fourth-order valence-electron chi connectivity index (χ4n) is 3.54. The molecule has 1 saturated heterocycles. The Labute approximate surface area is 182 Å². The van der Waals surface area contributed by atoms with Gasteiger partial charge in [0.2, 0.25) is 5.13 Å². The molecule has 1 unspecified atom stereocenters. The maximum absolute atomic E-state index is 13.1. The SMILES string of the molecule is Cc1ccc(C)c(/C(O)=C2\C(=O)C(=O)N(c3nnc(C)s3)C2c2cccc(Cl)c2)c1. The monoisotopic (exact) mass is 439 g/mol. The molecule has 0 saturated carbocycles. The summed E-state index contributed by atoms with van der Waals surface area (Å²) in [6, 6.07) is 11.6. The molecule has 1 fully saturated rings. The summed E-state index contributed by atoms with van der Waals surface area (Å²) in [5.41, 5.74) is 2.83. The number of halogens is 1.